The lowest BCUT2D eigenvalue weighted by Crippen LogP contribution is -2.47. The molecule has 0 aliphatic carbocycles. The van der Waals surface area contributed by atoms with E-state index >= 15 is 0 Å². The minimum Gasteiger partial charge on any atom is -0.456 e. The molecule has 6 heteroatoms. The average molecular weight is 659 g/mol. The second-order valence-corrected chi connectivity index (χ2v) is 13.2. The number of hydrogen-bond donors (Lipinski definition) is 2. The van der Waals surface area contributed by atoms with Crippen molar-refractivity contribution in [3.63, 3.8) is 0 Å². The molecule has 0 saturated heterocycles. The standard InChI is InChI=1S/C45H30N4O2/c1-2-11-27(12-3-1)43-46-44(29-21-23-33-32-14-5-8-18-38(32)51-41(33)26-29)48-45(47-43)49-36-17-7-4-13-31(36)35-25-28(22-24-37(35)49)30-16-10-20-40-42(30)34-15-6-9-19-39(34)50-40/h1-26,43,45,47H,(H,46,48). The Morgan fingerprint density at radius 2 is 1.16 bits per heavy atom. The van der Waals surface area contributed by atoms with Gasteiger partial charge >= 0.3 is 0 Å². The van der Waals surface area contributed by atoms with Gasteiger partial charge in [-0.15, -0.1) is 0 Å². The molecule has 0 saturated carbocycles. The lowest BCUT2D eigenvalue weighted by molar-refractivity contribution is 0.329. The molecule has 4 heterocycles. The Morgan fingerprint density at radius 1 is 0.490 bits per heavy atom. The van der Waals surface area contributed by atoms with Crippen LogP contribution in [0.15, 0.2) is 172 Å². The molecule has 1 aliphatic rings. The number of hydrogen-bond acceptors (Lipinski definition) is 5. The minimum atomic E-state index is -0.302. The fourth-order valence-corrected chi connectivity index (χ4v) is 7.96. The molecule has 10 aromatic rings. The van der Waals surface area contributed by atoms with Crippen molar-refractivity contribution in [3.8, 4) is 11.1 Å². The van der Waals surface area contributed by atoms with E-state index in [1.54, 1.807) is 0 Å². The Hall–Kier alpha value is -6.63. The lowest BCUT2D eigenvalue weighted by Gasteiger charge is -2.33. The second-order valence-electron chi connectivity index (χ2n) is 13.2. The highest BCUT2D eigenvalue weighted by Gasteiger charge is 2.28. The molecule has 2 atom stereocenters. The first-order chi connectivity index (χ1) is 25.3. The first-order valence-corrected chi connectivity index (χ1v) is 17.3. The van der Waals surface area contributed by atoms with Gasteiger partial charge in [0.05, 0.1) is 11.0 Å². The molecule has 2 unspecified atom stereocenters. The van der Waals surface area contributed by atoms with E-state index in [0.717, 1.165) is 83.0 Å². The molecule has 51 heavy (non-hydrogen) atoms. The summed E-state index contributed by atoms with van der Waals surface area (Å²) < 4.78 is 14.9. The molecule has 0 spiro atoms. The number of fused-ring (bicyclic) bond motifs is 9. The highest BCUT2D eigenvalue weighted by atomic mass is 16.3. The predicted molar refractivity (Wildman–Crippen MR) is 207 cm³/mol. The monoisotopic (exact) mass is 658 g/mol. The summed E-state index contributed by atoms with van der Waals surface area (Å²) in [4.78, 5) is 5.24. The fourth-order valence-electron chi connectivity index (χ4n) is 7.96. The fraction of sp³-hybridized carbons (Fsp3) is 0.0444. The number of nitrogens with one attached hydrogen (secondary N) is 2. The van der Waals surface area contributed by atoms with Crippen LogP contribution in [0, 0.1) is 0 Å². The molecule has 6 nitrogen and oxygen atoms in total. The maximum atomic E-state index is 6.29. The quantitative estimate of drug-likeness (QED) is 0.197. The van der Waals surface area contributed by atoms with E-state index in [1.807, 2.05) is 36.4 Å². The van der Waals surface area contributed by atoms with Crippen LogP contribution in [0.2, 0.25) is 0 Å². The molecule has 242 valence electrons. The zero-order valence-electron chi connectivity index (χ0n) is 27.4. The number of aromatic nitrogens is 1. The first kappa shape index (κ1) is 28.2. The number of benzene rings is 7. The van der Waals surface area contributed by atoms with Crippen LogP contribution in [-0.2, 0) is 0 Å². The van der Waals surface area contributed by atoms with Gasteiger partial charge in [-0.25, -0.2) is 4.99 Å². The van der Waals surface area contributed by atoms with Gasteiger partial charge in [0.25, 0.3) is 0 Å². The predicted octanol–water partition coefficient (Wildman–Crippen LogP) is 11.1. The van der Waals surface area contributed by atoms with Crippen molar-refractivity contribution in [1.82, 2.24) is 15.2 Å². The summed E-state index contributed by atoms with van der Waals surface area (Å²) in [5.74, 6) is 0.802. The third-order valence-corrected chi connectivity index (χ3v) is 10.3. The maximum Gasteiger partial charge on any atom is 0.162 e. The van der Waals surface area contributed by atoms with Gasteiger partial charge in [0.1, 0.15) is 34.3 Å². The Kier molecular flexibility index (Phi) is 6.05. The van der Waals surface area contributed by atoms with Crippen molar-refractivity contribution in [1.29, 1.82) is 0 Å². The van der Waals surface area contributed by atoms with Gasteiger partial charge in [0.2, 0.25) is 0 Å². The van der Waals surface area contributed by atoms with Crippen LogP contribution in [-0.4, -0.2) is 10.4 Å². The van der Waals surface area contributed by atoms with E-state index < -0.39 is 0 Å². The van der Waals surface area contributed by atoms with Crippen molar-refractivity contribution < 1.29 is 8.83 Å². The van der Waals surface area contributed by atoms with Gasteiger partial charge in [-0.1, -0.05) is 109 Å². The number of para-hydroxylation sites is 3. The zero-order valence-corrected chi connectivity index (χ0v) is 27.4. The molecule has 7 aromatic carbocycles. The largest absolute Gasteiger partial charge is 0.456 e. The summed E-state index contributed by atoms with van der Waals surface area (Å²) in [5, 5.41) is 14.5. The Balaban J connectivity index is 1.07. The van der Waals surface area contributed by atoms with Crippen LogP contribution in [0.5, 0.6) is 0 Å². The first-order valence-electron chi connectivity index (χ1n) is 17.3. The van der Waals surface area contributed by atoms with Crippen LogP contribution in [0.3, 0.4) is 0 Å². The lowest BCUT2D eigenvalue weighted by atomic mass is 9.98. The summed E-state index contributed by atoms with van der Waals surface area (Å²) in [6.07, 6.45) is -0.579. The number of furan rings is 2. The number of aliphatic imine (C=N–C) groups is 1. The van der Waals surface area contributed by atoms with E-state index in [4.69, 9.17) is 13.8 Å². The highest BCUT2D eigenvalue weighted by Crippen LogP contribution is 2.40. The Labute approximate surface area is 292 Å². The second kappa shape index (κ2) is 10.9. The van der Waals surface area contributed by atoms with Gasteiger partial charge in [-0.3, -0.25) is 5.32 Å². The molecule has 11 rings (SSSR count). The zero-order chi connectivity index (χ0) is 33.5. The molecule has 3 aromatic heterocycles. The minimum absolute atomic E-state index is 0.277. The molecule has 1 aliphatic heterocycles. The van der Waals surface area contributed by atoms with E-state index in [9.17, 15) is 0 Å². The molecule has 2 N–H and O–H groups in total. The van der Waals surface area contributed by atoms with Crippen molar-refractivity contribution in [3.05, 3.63) is 169 Å². The van der Waals surface area contributed by atoms with Gasteiger partial charge in [-0.2, -0.15) is 0 Å². The number of nitrogens with zero attached hydrogens (tertiary/aromatic N) is 2. The summed E-state index contributed by atoms with van der Waals surface area (Å²) >= 11 is 0. The Morgan fingerprint density at radius 3 is 2.04 bits per heavy atom. The van der Waals surface area contributed by atoms with E-state index in [0.29, 0.717) is 0 Å². The topological polar surface area (TPSA) is 67.6 Å². The molecule has 0 bridgehead atoms. The number of amidine groups is 1. The van der Waals surface area contributed by atoms with Gasteiger partial charge < -0.3 is 18.7 Å². The van der Waals surface area contributed by atoms with Gasteiger partial charge in [-0.05, 0) is 65.2 Å². The van der Waals surface area contributed by atoms with E-state index in [-0.39, 0.29) is 12.5 Å². The summed E-state index contributed by atoms with van der Waals surface area (Å²) in [6.45, 7) is 0. The van der Waals surface area contributed by atoms with Crippen molar-refractivity contribution in [2.24, 2.45) is 4.99 Å². The average Bonchev–Trinajstić information content (AvgIpc) is 3.87. The third kappa shape index (κ3) is 4.37. The smallest absolute Gasteiger partial charge is 0.162 e. The van der Waals surface area contributed by atoms with Crippen molar-refractivity contribution in [2.75, 3.05) is 0 Å². The third-order valence-electron chi connectivity index (χ3n) is 10.3. The van der Waals surface area contributed by atoms with E-state index in [2.05, 4.69) is 137 Å². The normalized spacial score (nSPS) is 16.4. The SMILES string of the molecule is c1ccc(C2N=C(c3ccc4c(c3)oc3ccccc34)NC(n3c4ccccc4c4cc(-c5cccc6oc7ccccc7c56)ccc43)N2)cc1. The number of rotatable bonds is 4. The van der Waals surface area contributed by atoms with Crippen LogP contribution in [0.4, 0.5) is 0 Å². The molecular formula is C45H30N4O2. The summed E-state index contributed by atoms with van der Waals surface area (Å²) in [5.41, 5.74) is 10.1. The molecule has 0 amide bonds. The summed E-state index contributed by atoms with van der Waals surface area (Å²) in [6, 6.07) is 55.0. The summed E-state index contributed by atoms with van der Waals surface area (Å²) in [7, 11) is 0. The van der Waals surface area contributed by atoms with Gasteiger partial charge in [0.15, 0.2) is 6.29 Å². The van der Waals surface area contributed by atoms with Crippen LogP contribution in [0.1, 0.15) is 23.6 Å². The van der Waals surface area contributed by atoms with Crippen molar-refractivity contribution >= 4 is 71.5 Å². The molecular weight excluding hydrogens is 629 g/mol. The van der Waals surface area contributed by atoms with E-state index in [1.165, 1.54) is 10.8 Å². The Bertz CT molecular complexity index is 3000. The highest BCUT2D eigenvalue weighted by molar-refractivity contribution is 6.15. The molecule has 0 radical (unpaired) electrons. The van der Waals surface area contributed by atoms with Crippen LogP contribution < -0.4 is 10.6 Å². The van der Waals surface area contributed by atoms with Gasteiger partial charge in [0, 0.05) is 37.9 Å². The van der Waals surface area contributed by atoms with Crippen LogP contribution >= 0.6 is 0 Å². The molecule has 0 fully saturated rings. The van der Waals surface area contributed by atoms with Crippen LogP contribution in [0.25, 0.3) is 76.8 Å². The van der Waals surface area contributed by atoms with Crippen molar-refractivity contribution in [2.45, 2.75) is 12.5 Å². The maximum absolute atomic E-state index is 6.29.